The number of likely N-dealkylation sites (N-methyl/N-ethyl adjacent to an activating group) is 1. The van der Waals surface area contributed by atoms with Gasteiger partial charge >= 0.3 is 0 Å². The summed E-state index contributed by atoms with van der Waals surface area (Å²) in [6, 6.07) is 10.7. The Balaban J connectivity index is 1.78. The van der Waals surface area contributed by atoms with Crippen LogP contribution in [0.3, 0.4) is 0 Å². The van der Waals surface area contributed by atoms with Gasteiger partial charge in [0.2, 0.25) is 0 Å². The molecule has 1 aromatic heterocycles. The van der Waals surface area contributed by atoms with Crippen LogP contribution >= 0.6 is 0 Å². The van der Waals surface area contributed by atoms with Crippen LogP contribution in [0.15, 0.2) is 42.6 Å². The van der Waals surface area contributed by atoms with Crippen molar-refractivity contribution in [2.24, 2.45) is 0 Å². The quantitative estimate of drug-likeness (QED) is 0.853. The predicted molar refractivity (Wildman–Crippen MR) is 91.5 cm³/mol. The average Bonchev–Trinajstić information content (AvgIpc) is 2.64. The van der Waals surface area contributed by atoms with Crippen LogP contribution in [-0.2, 0) is 16.1 Å². The van der Waals surface area contributed by atoms with Crippen molar-refractivity contribution in [1.82, 2.24) is 10.3 Å². The molecule has 0 fully saturated rings. The van der Waals surface area contributed by atoms with Crippen molar-refractivity contribution in [1.29, 1.82) is 0 Å². The zero-order chi connectivity index (χ0) is 18.0. The lowest BCUT2D eigenvalue weighted by Crippen LogP contribution is -2.61. The Morgan fingerprint density at radius 2 is 2.16 bits per heavy atom. The van der Waals surface area contributed by atoms with Crippen LogP contribution < -0.4 is 19.7 Å². The van der Waals surface area contributed by atoms with Crippen molar-refractivity contribution in [2.45, 2.75) is 19.1 Å². The molecule has 1 aliphatic heterocycles. The Bertz CT molecular complexity index is 823. The van der Waals surface area contributed by atoms with E-state index in [2.05, 4.69) is 10.3 Å². The van der Waals surface area contributed by atoms with Gasteiger partial charge in [-0.2, -0.15) is 0 Å². The Kier molecular flexibility index (Phi) is 4.31. The Morgan fingerprint density at radius 1 is 1.36 bits per heavy atom. The summed E-state index contributed by atoms with van der Waals surface area (Å²) in [7, 11) is 3.15. The maximum Gasteiger partial charge on any atom is 0.281 e. The number of rotatable bonds is 4. The smallest absolute Gasteiger partial charge is 0.281 e. The standard InChI is InChI=1S/C18H19N3O4/c1-18(16(22)20-11-12-6-4-7-13(10-12)24-3)17(23)21(2)15-14(25-18)8-5-9-19-15/h4-10H,11H2,1-3H3,(H,20,22)/t18-/m0/s1. The third-order valence-corrected chi connectivity index (χ3v) is 4.12. The molecule has 0 spiro atoms. The minimum Gasteiger partial charge on any atom is -0.497 e. The van der Waals surface area contributed by atoms with Crippen LogP contribution in [0.5, 0.6) is 11.5 Å². The lowest BCUT2D eigenvalue weighted by molar-refractivity contribution is -0.148. The molecule has 0 bridgehead atoms. The molecule has 25 heavy (non-hydrogen) atoms. The van der Waals surface area contributed by atoms with E-state index in [0.29, 0.717) is 17.3 Å². The van der Waals surface area contributed by atoms with Crippen molar-refractivity contribution in [3.63, 3.8) is 0 Å². The highest BCUT2D eigenvalue weighted by Gasteiger charge is 2.50. The highest BCUT2D eigenvalue weighted by molar-refractivity contribution is 6.15. The van der Waals surface area contributed by atoms with Gasteiger partial charge in [0.15, 0.2) is 11.6 Å². The van der Waals surface area contributed by atoms with E-state index in [1.807, 2.05) is 24.3 Å². The Labute approximate surface area is 145 Å². The van der Waals surface area contributed by atoms with Gasteiger partial charge in [-0.1, -0.05) is 12.1 Å². The number of ether oxygens (including phenoxy) is 2. The van der Waals surface area contributed by atoms with E-state index >= 15 is 0 Å². The molecule has 0 radical (unpaired) electrons. The first-order valence-electron chi connectivity index (χ1n) is 7.79. The number of nitrogens with one attached hydrogen (secondary N) is 1. The number of aromatic nitrogens is 1. The van der Waals surface area contributed by atoms with Gasteiger partial charge in [-0.05, 0) is 36.8 Å². The zero-order valence-corrected chi connectivity index (χ0v) is 14.3. The molecule has 7 nitrogen and oxygen atoms in total. The predicted octanol–water partition coefficient (Wildman–Crippen LogP) is 1.52. The third kappa shape index (κ3) is 3.00. The van der Waals surface area contributed by atoms with E-state index in [1.165, 1.54) is 11.8 Å². The van der Waals surface area contributed by atoms with Crippen molar-refractivity contribution in [2.75, 3.05) is 19.1 Å². The van der Waals surface area contributed by atoms with Crippen molar-refractivity contribution in [3.05, 3.63) is 48.2 Å². The second-order valence-corrected chi connectivity index (χ2v) is 5.86. The minimum atomic E-state index is -1.65. The number of carbonyl (C=O) groups is 2. The monoisotopic (exact) mass is 341 g/mol. The van der Waals surface area contributed by atoms with Gasteiger partial charge in [0, 0.05) is 19.8 Å². The first-order chi connectivity index (χ1) is 12.0. The van der Waals surface area contributed by atoms with Crippen LogP contribution in [0.25, 0.3) is 0 Å². The molecular weight excluding hydrogens is 322 g/mol. The number of anilines is 1. The van der Waals surface area contributed by atoms with E-state index in [4.69, 9.17) is 9.47 Å². The van der Waals surface area contributed by atoms with Gasteiger partial charge in [-0.3, -0.25) is 14.5 Å². The van der Waals surface area contributed by atoms with E-state index in [9.17, 15) is 9.59 Å². The van der Waals surface area contributed by atoms with E-state index in [1.54, 1.807) is 32.5 Å². The summed E-state index contributed by atoms with van der Waals surface area (Å²) >= 11 is 0. The molecule has 0 saturated carbocycles. The first-order valence-corrected chi connectivity index (χ1v) is 7.79. The molecular formula is C18H19N3O4. The topological polar surface area (TPSA) is 80.8 Å². The minimum absolute atomic E-state index is 0.256. The second-order valence-electron chi connectivity index (χ2n) is 5.86. The Morgan fingerprint density at radius 3 is 2.92 bits per heavy atom. The molecule has 1 aromatic carbocycles. The van der Waals surface area contributed by atoms with Gasteiger partial charge in [0.25, 0.3) is 17.4 Å². The van der Waals surface area contributed by atoms with Crippen LogP contribution in [0.1, 0.15) is 12.5 Å². The van der Waals surface area contributed by atoms with Crippen LogP contribution in [0.4, 0.5) is 5.82 Å². The molecule has 0 aliphatic carbocycles. The molecule has 3 rings (SSSR count). The van der Waals surface area contributed by atoms with Crippen LogP contribution in [-0.4, -0.2) is 36.6 Å². The van der Waals surface area contributed by atoms with Crippen molar-refractivity contribution >= 4 is 17.6 Å². The van der Waals surface area contributed by atoms with Crippen molar-refractivity contribution < 1.29 is 19.1 Å². The average molecular weight is 341 g/mol. The first kappa shape index (κ1) is 16.8. The van der Waals surface area contributed by atoms with Crippen LogP contribution in [0, 0.1) is 0 Å². The van der Waals surface area contributed by atoms with Crippen molar-refractivity contribution in [3.8, 4) is 11.5 Å². The lowest BCUT2D eigenvalue weighted by Gasteiger charge is -2.36. The maximum absolute atomic E-state index is 12.7. The molecule has 0 unspecified atom stereocenters. The van der Waals surface area contributed by atoms with E-state index < -0.39 is 17.4 Å². The molecule has 7 heteroatoms. The van der Waals surface area contributed by atoms with Gasteiger partial charge < -0.3 is 14.8 Å². The number of benzene rings is 1. The summed E-state index contributed by atoms with van der Waals surface area (Å²) in [6.45, 7) is 1.72. The maximum atomic E-state index is 12.7. The number of carbonyl (C=O) groups excluding carboxylic acids is 2. The number of fused-ring (bicyclic) bond motifs is 1. The van der Waals surface area contributed by atoms with Gasteiger partial charge in [-0.15, -0.1) is 0 Å². The highest BCUT2D eigenvalue weighted by atomic mass is 16.5. The summed E-state index contributed by atoms with van der Waals surface area (Å²) in [4.78, 5) is 30.8. The van der Waals surface area contributed by atoms with E-state index in [-0.39, 0.29) is 6.54 Å². The van der Waals surface area contributed by atoms with Crippen LogP contribution in [0.2, 0.25) is 0 Å². The molecule has 0 saturated heterocycles. The van der Waals surface area contributed by atoms with Gasteiger partial charge in [0.1, 0.15) is 5.75 Å². The third-order valence-electron chi connectivity index (χ3n) is 4.12. The molecule has 1 atom stereocenters. The fourth-order valence-electron chi connectivity index (χ4n) is 2.67. The lowest BCUT2D eigenvalue weighted by atomic mass is 10.0. The fraction of sp³-hybridized carbons (Fsp3) is 0.278. The number of amides is 2. The SMILES string of the molecule is COc1cccc(CNC(=O)[C@]2(C)Oc3cccnc3N(C)C2=O)c1. The second kappa shape index (κ2) is 6.43. The number of hydrogen-bond acceptors (Lipinski definition) is 5. The highest BCUT2D eigenvalue weighted by Crippen LogP contribution is 2.35. The summed E-state index contributed by atoms with van der Waals surface area (Å²) in [5, 5.41) is 2.75. The normalized spacial score (nSPS) is 19.0. The molecule has 1 aliphatic rings. The Hall–Kier alpha value is -3.09. The zero-order valence-electron chi connectivity index (χ0n) is 14.3. The van der Waals surface area contributed by atoms with Gasteiger partial charge in [-0.25, -0.2) is 4.98 Å². The molecule has 1 N–H and O–H groups in total. The summed E-state index contributed by atoms with van der Waals surface area (Å²) in [5.74, 6) is 0.500. The number of methoxy groups -OCH3 is 1. The summed E-state index contributed by atoms with van der Waals surface area (Å²) in [6.07, 6.45) is 1.57. The molecule has 2 amide bonds. The fourth-order valence-corrected chi connectivity index (χ4v) is 2.67. The summed E-state index contributed by atoms with van der Waals surface area (Å²) in [5.41, 5.74) is -0.793. The van der Waals surface area contributed by atoms with Gasteiger partial charge in [0.05, 0.1) is 7.11 Å². The molecule has 2 aromatic rings. The number of pyridine rings is 1. The largest absolute Gasteiger partial charge is 0.497 e. The van der Waals surface area contributed by atoms with E-state index in [0.717, 1.165) is 5.56 Å². The number of nitrogens with zero attached hydrogens (tertiary/aromatic N) is 2. The summed E-state index contributed by atoms with van der Waals surface area (Å²) < 4.78 is 10.9. The number of hydrogen-bond donors (Lipinski definition) is 1. The molecule has 2 heterocycles. The molecule has 130 valence electrons.